The number of nitrogens with zero attached hydrogens (tertiary/aromatic N) is 1. The highest BCUT2D eigenvalue weighted by molar-refractivity contribution is 5.41. The fourth-order valence-corrected chi connectivity index (χ4v) is 1.26. The van der Waals surface area contributed by atoms with Gasteiger partial charge in [0.25, 0.3) is 0 Å². The molecule has 0 atom stereocenters. The van der Waals surface area contributed by atoms with Crippen LogP contribution in [-0.2, 0) is 9.47 Å². The van der Waals surface area contributed by atoms with Crippen molar-refractivity contribution >= 4 is 12.0 Å². The van der Waals surface area contributed by atoms with Crippen molar-refractivity contribution in [3.63, 3.8) is 0 Å². The molecule has 1 aromatic heterocycles. The van der Waals surface area contributed by atoms with Gasteiger partial charge in [0.05, 0.1) is 17.7 Å². The van der Waals surface area contributed by atoms with Gasteiger partial charge in [0.15, 0.2) is 0 Å². The second-order valence-electron chi connectivity index (χ2n) is 2.73. The van der Waals surface area contributed by atoms with Crippen LogP contribution in [0.5, 0.6) is 5.75 Å². The Balaban J connectivity index is 2.89. The summed E-state index contributed by atoms with van der Waals surface area (Å²) in [5.74, 6) is 0.750. The largest absolute Gasteiger partial charge is 0.506 e. The van der Waals surface area contributed by atoms with Gasteiger partial charge in [-0.2, -0.15) is 0 Å². The van der Waals surface area contributed by atoms with E-state index in [1.807, 2.05) is 0 Å². The first-order chi connectivity index (χ1) is 6.29. The topological polar surface area (TPSA) is 51.6 Å². The molecular formula is C9H9NO3. The normalized spacial score (nSPS) is 14.7. The lowest BCUT2D eigenvalue weighted by atomic mass is 10.2. The third-order valence-electron chi connectivity index (χ3n) is 1.86. The molecule has 0 fully saturated rings. The average molecular weight is 179 g/mol. The molecule has 2 heterocycles. The van der Waals surface area contributed by atoms with E-state index >= 15 is 0 Å². The summed E-state index contributed by atoms with van der Waals surface area (Å²) in [5.41, 5.74) is 0. The lowest BCUT2D eigenvalue weighted by Gasteiger charge is -2.01. The fourth-order valence-electron chi connectivity index (χ4n) is 1.26. The first-order valence-corrected chi connectivity index (χ1v) is 3.87. The molecule has 1 aromatic rings. The molecule has 0 amide bonds. The summed E-state index contributed by atoms with van der Waals surface area (Å²) in [6.45, 7) is 1.95. The van der Waals surface area contributed by atoms with Crippen molar-refractivity contribution in [1.82, 2.24) is 4.98 Å². The first-order valence-electron chi connectivity index (χ1n) is 3.87. The predicted octanol–water partition coefficient (Wildman–Crippen LogP) is -0.342. The van der Waals surface area contributed by atoms with E-state index in [1.165, 1.54) is 12.5 Å². The van der Waals surface area contributed by atoms with Gasteiger partial charge in [-0.1, -0.05) is 0 Å². The van der Waals surface area contributed by atoms with Gasteiger partial charge in [0.1, 0.15) is 11.5 Å². The van der Waals surface area contributed by atoms with Crippen LogP contribution in [0.15, 0.2) is 12.4 Å². The predicted molar refractivity (Wildman–Crippen MR) is 45.7 cm³/mol. The maximum absolute atomic E-state index is 9.51. The molecule has 0 aromatic carbocycles. The highest BCUT2D eigenvalue weighted by Crippen LogP contribution is 2.01. The number of rotatable bonds is 0. The summed E-state index contributed by atoms with van der Waals surface area (Å²) < 4.78 is 10.2. The molecular weight excluding hydrogens is 170 g/mol. The van der Waals surface area contributed by atoms with Crippen LogP contribution in [0.1, 0.15) is 6.92 Å². The molecule has 0 bridgehead atoms. The molecule has 68 valence electrons. The third kappa shape index (κ3) is 1.30. The van der Waals surface area contributed by atoms with Gasteiger partial charge in [-0.05, 0) is 6.92 Å². The minimum atomic E-state index is 0.108. The molecule has 1 aliphatic heterocycles. The Bertz CT molecular complexity index is 439. The minimum absolute atomic E-state index is 0.108. The van der Waals surface area contributed by atoms with E-state index in [9.17, 15) is 5.11 Å². The monoisotopic (exact) mass is 179 g/mol. The molecule has 4 nitrogen and oxygen atoms in total. The second-order valence-corrected chi connectivity index (χ2v) is 2.73. The lowest BCUT2D eigenvalue weighted by molar-refractivity contribution is 0.0794. The van der Waals surface area contributed by atoms with Crippen molar-refractivity contribution in [2.75, 3.05) is 6.79 Å². The van der Waals surface area contributed by atoms with Crippen molar-refractivity contribution in [3.05, 3.63) is 22.8 Å². The summed E-state index contributed by atoms with van der Waals surface area (Å²) in [5, 5.41) is 10.9. The van der Waals surface area contributed by atoms with Crippen molar-refractivity contribution in [2.24, 2.45) is 0 Å². The zero-order chi connectivity index (χ0) is 9.26. The molecule has 0 spiro atoms. The third-order valence-corrected chi connectivity index (χ3v) is 1.86. The van der Waals surface area contributed by atoms with Crippen LogP contribution in [0.4, 0.5) is 0 Å². The van der Waals surface area contributed by atoms with Crippen LogP contribution in [0, 0.1) is 0 Å². The van der Waals surface area contributed by atoms with Gasteiger partial charge in [-0.25, -0.2) is 0 Å². The molecule has 2 rings (SSSR count). The Labute approximate surface area is 74.7 Å². The van der Waals surface area contributed by atoms with Gasteiger partial charge >= 0.3 is 0 Å². The van der Waals surface area contributed by atoms with Crippen molar-refractivity contribution < 1.29 is 14.6 Å². The molecule has 0 radical (unpaired) electrons. The van der Waals surface area contributed by atoms with E-state index in [4.69, 9.17) is 9.47 Å². The highest BCUT2D eigenvalue weighted by atomic mass is 16.7. The van der Waals surface area contributed by atoms with E-state index in [1.54, 1.807) is 13.1 Å². The first kappa shape index (κ1) is 7.91. The number of fused-ring (bicyclic) bond motifs is 1. The summed E-state index contributed by atoms with van der Waals surface area (Å²) in [6.07, 6.45) is 4.52. The van der Waals surface area contributed by atoms with Crippen LogP contribution in [0.2, 0.25) is 0 Å². The average Bonchev–Trinajstić information content (AvgIpc) is 2.29. The Morgan fingerprint density at radius 3 is 3.15 bits per heavy atom. The zero-order valence-electron chi connectivity index (χ0n) is 7.15. The van der Waals surface area contributed by atoms with Crippen LogP contribution < -0.4 is 10.4 Å². The Kier molecular flexibility index (Phi) is 1.81. The van der Waals surface area contributed by atoms with Crippen LogP contribution in [0.3, 0.4) is 0 Å². The van der Waals surface area contributed by atoms with Crippen LogP contribution >= 0.6 is 0 Å². The van der Waals surface area contributed by atoms with Gasteiger partial charge in [-0.3, -0.25) is 4.98 Å². The van der Waals surface area contributed by atoms with Crippen molar-refractivity contribution in [2.45, 2.75) is 6.92 Å². The molecule has 0 aliphatic carbocycles. The molecule has 1 aliphatic rings. The number of ether oxygens (including phenoxy) is 2. The van der Waals surface area contributed by atoms with E-state index < -0.39 is 0 Å². The maximum atomic E-state index is 9.51. The number of pyridine rings is 1. The van der Waals surface area contributed by atoms with E-state index in [0.717, 1.165) is 5.22 Å². The van der Waals surface area contributed by atoms with Gasteiger partial charge in [-0.15, -0.1) is 0 Å². The molecule has 0 saturated heterocycles. The molecule has 1 N–H and O–H groups in total. The minimum Gasteiger partial charge on any atom is -0.506 e. The molecule has 4 heteroatoms. The number of aromatic nitrogens is 1. The zero-order valence-corrected chi connectivity index (χ0v) is 7.15. The molecule has 13 heavy (non-hydrogen) atoms. The number of aromatic hydroxyl groups is 1. The van der Waals surface area contributed by atoms with E-state index in [0.29, 0.717) is 11.0 Å². The quantitative estimate of drug-likeness (QED) is 0.592. The molecule has 0 unspecified atom stereocenters. The highest BCUT2D eigenvalue weighted by Gasteiger charge is 2.03. The Morgan fingerprint density at radius 1 is 1.46 bits per heavy atom. The summed E-state index contributed by atoms with van der Waals surface area (Å²) in [6, 6.07) is 0. The number of hydrogen-bond donors (Lipinski definition) is 1. The second kappa shape index (κ2) is 2.97. The Morgan fingerprint density at radius 2 is 2.31 bits per heavy atom. The lowest BCUT2D eigenvalue weighted by Crippen LogP contribution is -2.26. The van der Waals surface area contributed by atoms with Gasteiger partial charge in [0.2, 0.25) is 6.79 Å². The molecule has 0 saturated carbocycles. The van der Waals surface area contributed by atoms with Gasteiger partial charge in [0, 0.05) is 11.4 Å². The van der Waals surface area contributed by atoms with Crippen LogP contribution in [0.25, 0.3) is 12.0 Å². The van der Waals surface area contributed by atoms with Crippen LogP contribution in [-0.4, -0.2) is 16.9 Å². The summed E-state index contributed by atoms with van der Waals surface area (Å²) in [7, 11) is 0. The van der Waals surface area contributed by atoms with Gasteiger partial charge < -0.3 is 14.6 Å². The summed E-state index contributed by atoms with van der Waals surface area (Å²) in [4.78, 5) is 3.84. The SMILES string of the molecule is CC1=c2c(O)cncc2=COCO1. The maximum Gasteiger partial charge on any atom is 0.229 e. The van der Waals surface area contributed by atoms with Crippen molar-refractivity contribution in [1.29, 1.82) is 0 Å². The van der Waals surface area contributed by atoms with E-state index in [2.05, 4.69) is 4.98 Å². The number of hydrogen-bond acceptors (Lipinski definition) is 4. The summed E-state index contributed by atoms with van der Waals surface area (Å²) >= 11 is 0. The fraction of sp³-hybridized carbons (Fsp3) is 0.222. The Hall–Kier alpha value is -1.71. The standard InChI is InChI=1S/C9H9NO3/c1-6-9-7(4-12-5-13-6)2-10-3-8(9)11/h2-4,11H,5H2,1H3. The smallest absolute Gasteiger partial charge is 0.229 e. The van der Waals surface area contributed by atoms with E-state index in [-0.39, 0.29) is 12.5 Å². The van der Waals surface area contributed by atoms with Crippen molar-refractivity contribution in [3.8, 4) is 5.75 Å².